The summed E-state index contributed by atoms with van der Waals surface area (Å²) in [4.78, 5) is 0. The van der Waals surface area contributed by atoms with Crippen molar-refractivity contribution in [3.63, 3.8) is 0 Å². The largest absolute Gasteiger partial charge is 0.315 e. The molecule has 88 valence electrons. The highest BCUT2D eigenvalue weighted by atomic mass is 15.0. The van der Waals surface area contributed by atoms with Crippen LogP contribution in [0.1, 0.15) is 23.1 Å². The van der Waals surface area contributed by atoms with Crippen molar-refractivity contribution >= 4 is 0 Å². The molecule has 1 saturated heterocycles. The normalized spacial score (nSPS) is 20.2. The molecule has 2 nitrogen and oxygen atoms in total. The van der Waals surface area contributed by atoms with Gasteiger partial charge in [0.2, 0.25) is 0 Å². The third-order valence-corrected chi connectivity index (χ3v) is 3.48. The SMILES string of the molecule is Cc1ccc(CCNC2CCNC2)cc1C. The third-order valence-electron chi connectivity index (χ3n) is 3.48. The Kier molecular flexibility index (Phi) is 3.97. The number of hydrogen-bond donors (Lipinski definition) is 2. The molecule has 0 radical (unpaired) electrons. The van der Waals surface area contributed by atoms with Gasteiger partial charge in [0, 0.05) is 12.6 Å². The second-order valence-corrected chi connectivity index (χ2v) is 4.81. The predicted octanol–water partition coefficient (Wildman–Crippen LogP) is 1.80. The molecule has 2 N–H and O–H groups in total. The highest BCUT2D eigenvalue weighted by Gasteiger charge is 2.12. The standard InChI is InChI=1S/C14H22N2/c1-11-3-4-13(9-12(11)2)5-8-16-14-6-7-15-10-14/h3-4,9,14-16H,5-8,10H2,1-2H3. The van der Waals surface area contributed by atoms with Crippen LogP contribution in [-0.2, 0) is 6.42 Å². The topological polar surface area (TPSA) is 24.1 Å². The lowest BCUT2D eigenvalue weighted by Crippen LogP contribution is -2.32. The molecule has 2 rings (SSSR count). The second-order valence-electron chi connectivity index (χ2n) is 4.81. The average molecular weight is 218 g/mol. The van der Waals surface area contributed by atoms with E-state index in [-0.39, 0.29) is 0 Å². The molecule has 1 aromatic carbocycles. The van der Waals surface area contributed by atoms with Gasteiger partial charge in [-0.05, 0) is 56.5 Å². The minimum absolute atomic E-state index is 0.687. The molecule has 0 aliphatic carbocycles. The lowest BCUT2D eigenvalue weighted by atomic mass is 10.0. The fourth-order valence-electron chi connectivity index (χ4n) is 2.21. The Morgan fingerprint density at radius 3 is 2.88 bits per heavy atom. The first-order valence-corrected chi connectivity index (χ1v) is 6.26. The van der Waals surface area contributed by atoms with Gasteiger partial charge in [-0.1, -0.05) is 18.2 Å². The van der Waals surface area contributed by atoms with Gasteiger partial charge < -0.3 is 10.6 Å². The number of nitrogens with one attached hydrogen (secondary N) is 2. The van der Waals surface area contributed by atoms with Crippen molar-refractivity contribution in [3.05, 3.63) is 34.9 Å². The molecule has 1 atom stereocenters. The van der Waals surface area contributed by atoms with Crippen LogP contribution in [0.2, 0.25) is 0 Å². The van der Waals surface area contributed by atoms with E-state index in [1.54, 1.807) is 0 Å². The molecule has 0 amide bonds. The number of rotatable bonds is 4. The van der Waals surface area contributed by atoms with Gasteiger partial charge in [0.25, 0.3) is 0 Å². The minimum atomic E-state index is 0.687. The molecule has 16 heavy (non-hydrogen) atoms. The summed E-state index contributed by atoms with van der Waals surface area (Å²) in [6.07, 6.45) is 2.41. The molecular formula is C14H22N2. The number of benzene rings is 1. The first-order chi connectivity index (χ1) is 7.75. The monoisotopic (exact) mass is 218 g/mol. The summed E-state index contributed by atoms with van der Waals surface area (Å²) >= 11 is 0. The maximum atomic E-state index is 3.60. The van der Waals surface area contributed by atoms with Crippen LogP contribution >= 0.6 is 0 Å². The third kappa shape index (κ3) is 3.06. The van der Waals surface area contributed by atoms with Crippen LogP contribution < -0.4 is 10.6 Å². The van der Waals surface area contributed by atoms with Crippen LogP contribution in [0.4, 0.5) is 0 Å². The molecular weight excluding hydrogens is 196 g/mol. The van der Waals surface area contributed by atoms with E-state index in [4.69, 9.17) is 0 Å². The molecule has 1 heterocycles. The highest BCUT2D eigenvalue weighted by molar-refractivity contribution is 5.30. The van der Waals surface area contributed by atoms with Crippen LogP contribution in [0.3, 0.4) is 0 Å². The molecule has 0 spiro atoms. The highest BCUT2D eigenvalue weighted by Crippen LogP contribution is 2.10. The molecule has 0 saturated carbocycles. The zero-order chi connectivity index (χ0) is 11.4. The Labute approximate surface area is 98.4 Å². The van der Waals surface area contributed by atoms with Crippen molar-refractivity contribution in [2.45, 2.75) is 32.7 Å². The fraction of sp³-hybridized carbons (Fsp3) is 0.571. The van der Waals surface area contributed by atoms with Gasteiger partial charge in [-0.2, -0.15) is 0 Å². The Balaban J connectivity index is 1.78. The van der Waals surface area contributed by atoms with E-state index >= 15 is 0 Å². The maximum Gasteiger partial charge on any atom is 0.0204 e. The molecule has 1 aliphatic rings. The van der Waals surface area contributed by atoms with Crippen molar-refractivity contribution in [1.82, 2.24) is 10.6 Å². The van der Waals surface area contributed by atoms with E-state index in [2.05, 4.69) is 42.7 Å². The second kappa shape index (κ2) is 5.46. The maximum absolute atomic E-state index is 3.60. The average Bonchev–Trinajstić information content (AvgIpc) is 2.76. The predicted molar refractivity (Wildman–Crippen MR) is 68.9 cm³/mol. The van der Waals surface area contributed by atoms with E-state index in [1.807, 2.05) is 0 Å². The quantitative estimate of drug-likeness (QED) is 0.805. The Bertz CT molecular complexity index is 341. The fourth-order valence-corrected chi connectivity index (χ4v) is 2.21. The first kappa shape index (κ1) is 11.6. The van der Waals surface area contributed by atoms with E-state index in [1.165, 1.54) is 29.7 Å². The van der Waals surface area contributed by atoms with Crippen molar-refractivity contribution in [2.24, 2.45) is 0 Å². The lowest BCUT2D eigenvalue weighted by molar-refractivity contribution is 0.550. The van der Waals surface area contributed by atoms with Gasteiger partial charge in [-0.15, -0.1) is 0 Å². The van der Waals surface area contributed by atoms with Gasteiger partial charge in [0.15, 0.2) is 0 Å². The zero-order valence-electron chi connectivity index (χ0n) is 10.3. The molecule has 2 heteroatoms. The van der Waals surface area contributed by atoms with Gasteiger partial charge in [0.1, 0.15) is 0 Å². The number of aryl methyl sites for hydroxylation is 2. The van der Waals surface area contributed by atoms with Gasteiger partial charge in [-0.3, -0.25) is 0 Å². The van der Waals surface area contributed by atoms with Crippen LogP contribution in [0.5, 0.6) is 0 Å². The van der Waals surface area contributed by atoms with E-state index < -0.39 is 0 Å². The van der Waals surface area contributed by atoms with Crippen LogP contribution in [0.15, 0.2) is 18.2 Å². The summed E-state index contributed by atoms with van der Waals surface area (Å²) in [5, 5.41) is 6.98. The Morgan fingerprint density at radius 2 is 2.19 bits per heavy atom. The lowest BCUT2D eigenvalue weighted by Gasteiger charge is -2.11. The summed E-state index contributed by atoms with van der Waals surface area (Å²) in [6.45, 7) is 7.75. The summed E-state index contributed by atoms with van der Waals surface area (Å²) in [5.41, 5.74) is 4.23. The molecule has 0 aromatic heterocycles. The van der Waals surface area contributed by atoms with E-state index in [0.717, 1.165) is 19.5 Å². The van der Waals surface area contributed by atoms with Crippen molar-refractivity contribution in [1.29, 1.82) is 0 Å². The Hall–Kier alpha value is -0.860. The van der Waals surface area contributed by atoms with Crippen LogP contribution in [0.25, 0.3) is 0 Å². The van der Waals surface area contributed by atoms with E-state index in [0.29, 0.717) is 6.04 Å². The van der Waals surface area contributed by atoms with Crippen LogP contribution in [0, 0.1) is 13.8 Å². The van der Waals surface area contributed by atoms with E-state index in [9.17, 15) is 0 Å². The van der Waals surface area contributed by atoms with Crippen molar-refractivity contribution < 1.29 is 0 Å². The van der Waals surface area contributed by atoms with Gasteiger partial charge in [0.05, 0.1) is 0 Å². The smallest absolute Gasteiger partial charge is 0.0204 e. The first-order valence-electron chi connectivity index (χ1n) is 6.26. The molecule has 1 unspecified atom stereocenters. The molecule has 1 fully saturated rings. The molecule has 0 bridgehead atoms. The number of hydrogen-bond acceptors (Lipinski definition) is 2. The Morgan fingerprint density at radius 1 is 1.31 bits per heavy atom. The summed E-state index contributed by atoms with van der Waals surface area (Å²) in [7, 11) is 0. The zero-order valence-corrected chi connectivity index (χ0v) is 10.3. The summed E-state index contributed by atoms with van der Waals surface area (Å²) < 4.78 is 0. The summed E-state index contributed by atoms with van der Waals surface area (Å²) in [5.74, 6) is 0. The summed E-state index contributed by atoms with van der Waals surface area (Å²) in [6, 6.07) is 7.47. The molecule has 1 aromatic rings. The minimum Gasteiger partial charge on any atom is -0.315 e. The van der Waals surface area contributed by atoms with Crippen molar-refractivity contribution in [2.75, 3.05) is 19.6 Å². The van der Waals surface area contributed by atoms with Crippen molar-refractivity contribution in [3.8, 4) is 0 Å². The van der Waals surface area contributed by atoms with Crippen LogP contribution in [-0.4, -0.2) is 25.7 Å². The van der Waals surface area contributed by atoms with Gasteiger partial charge >= 0.3 is 0 Å². The molecule has 1 aliphatic heterocycles. The van der Waals surface area contributed by atoms with Gasteiger partial charge in [-0.25, -0.2) is 0 Å².